The van der Waals surface area contributed by atoms with E-state index in [2.05, 4.69) is 15.4 Å². The smallest absolute Gasteiger partial charge is 0.264 e. The fourth-order valence-corrected chi connectivity index (χ4v) is 6.55. The molecule has 5 N–H and O–H groups in total. The Morgan fingerprint density at radius 3 is 2.07 bits per heavy atom. The lowest BCUT2D eigenvalue weighted by molar-refractivity contribution is -0.140. The number of amides is 3. The number of hydrogen-bond acceptors (Lipinski definition) is 7. The predicted octanol–water partition coefficient (Wildman–Crippen LogP) is 4.16. The lowest BCUT2D eigenvalue weighted by Crippen LogP contribution is -2.61. The SMILES string of the molecule is CCc1cc(S(=O)(=O)NC(=O)C(C)=CC(C(C)C)N(C)C(=O)C(NC(=O)C(NC)C(C)(C)c2ccccc2)C(C)(C)C)ccc1N. The summed E-state index contributed by atoms with van der Waals surface area (Å²) < 4.78 is 28.2. The van der Waals surface area contributed by atoms with E-state index < -0.39 is 44.9 Å². The predicted molar refractivity (Wildman–Crippen MR) is 184 cm³/mol. The van der Waals surface area contributed by atoms with Crippen molar-refractivity contribution in [3.8, 4) is 0 Å². The molecule has 254 valence electrons. The van der Waals surface area contributed by atoms with Crippen LogP contribution in [0.1, 0.15) is 73.4 Å². The molecular formula is C35H53N5O5S. The molecule has 2 rings (SSSR count). The molecule has 0 radical (unpaired) electrons. The maximum absolute atomic E-state index is 14.1. The number of nitrogen functional groups attached to an aromatic ring is 1. The number of sulfonamides is 1. The standard InChI is InChI=1S/C35H53N5O5S/c1-12-24-21-26(18-19-27(24)36)46(44,45)39-31(41)23(4)20-28(22(2)3)40(11)33(43)30(34(5,6)7)38-32(42)29(37-10)35(8,9)25-16-14-13-15-17-25/h13-22,28-30,37H,12,36H2,1-11H3,(H,38,42)(H,39,41). The largest absolute Gasteiger partial charge is 0.399 e. The molecule has 0 saturated heterocycles. The molecule has 46 heavy (non-hydrogen) atoms. The summed E-state index contributed by atoms with van der Waals surface area (Å²) in [5.74, 6) is -1.60. The fourth-order valence-electron chi connectivity index (χ4n) is 5.48. The highest BCUT2D eigenvalue weighted by atomic mass is 32.2. The molecule has 0 fully saturated rings. The Morgan fingerprint density at radius 2 is 1.57 bits per heavy atom. The van der Waals surface area contributed by atoms with Gasteiger partial charge in [0.15, 0.2) is 0 Å². The number of carbonyl (C=O) groups excluding carboxylic acids is 3. The van der Waals surface area contributed by atoms with E-state index in [1.54, 1.807) is 20.2 Å². The van der Waals surface area contributed by atoms with Gasteiger partial charge in [-0.1, -0.05) is 91.8 Å². The topological polar surface area (TPSA) is 151 Å². The fraction of sp³-hybridized carbons (Fsp3) is 0.514. The second-order valence-electron chi connectivity index (χ2n) is 13.8. The Morgan fingerprint density at radius 1 is 0.978 bits per heavy atom. The van der Waals surface area contributed by atoms with Crippen LogP contribution in [-0.4, -0.2) is 63.3 Å². The van der Waals surface area contributed by atoms with E-state index in [9.17, 15) is 22.8 Å². The summed E-state index contributed by atoms with van der Waals surface area (Å²) >= 11 is 0. The Bertz CT molecular complexity index is 1530. The van der Waals surface area contributed by atoms with Gasteiger partial charge in [0.05, 0.1) is 17.0 Å². The summed E-state index contributed by atoms with van der Waals surface area (Å²) in [6.07, 6.45) is 2.12. The summed E-state index contributed by atoms with van der Waals surface area (Å²) in [4.78, 5) is 42.5. The number of aryl methyl sites for hydroxylation is 1. The van der Waals surface area contributed by atoms with Gasteiger partial charge in [0, 0.05) is 23.7 Å². The van der Waals surface area contributed by atoms with Gasteiger partial charge in [-0.25, -0.2) is 13.1 Å². The van der Waals surface area contributed by atoms with Crippen molar-refractivity contribution in [3.63, 3.8) is 0 Å². The van der Waals surface area contributed by atoms with Crippen molar-refractivity contribution < 1.29 is 22.8 Å². The molecule has 10 nitrogen and oxygen atoms in total. The zero-order valence-corrected chi connectivity index (χ0v) is 30.0. The molecule has 3 amide bonds. The quantitative estimate of drug-likeness (QED) is 0.187. The van der Waals surface area contributed by atoms with Crippen molar-refractivity contribution >= 4 is 33.4 Å². The van der Waals surface area contributed by atoms with Gasteiger partial charge in [0.1, 0.15) is 6.04 Å². The summed E-state index contributed by atoms with van der Waals surface area (Å²) in [6.45, 7) is 16.8. The number of benzene rings is 2. The lowest BCUT2D eigenvalue weighted by Gasteiger charge is -2.40. The third-order valence-corrected chi connectivity index (χ3v) is 9.81. The average Bonchev–Trinajstić information content (AvgIpc) is 2.97. The van der Waals surface area contributed by atoms with Gasteiger partial charge in [-0.3, -0.25) is 14.4 Å². The minimum absolute atomic E-state index is 0.0634. The van der Waals surface area contributed by atoms with Crippen molar-refractivity contribution in [2.45, 2.75) is 97.2 Å². The molecule has 0 aliphatic heterocycles. The highest BCUT2D eigenvalue weighted by Crippen LogP contribution is 2.29. The van der Waals surface area contributed by atoms with Gasteiger partial charge < -0.3 is 21.3 Å². The molecule has 0 spiro atoms. The molecule has 0 heterocycles. The van der Waals surface area contributed by atoms with Gasteiger partial charge >= 0.3 is 0 Å². The summed E-state index contributed by atoms with van der Waals surface area (Å²) in [6, 6.07) is 11.9. The maximum Gasteiger partial charge on any atom is 0.264 e. The molecule has 0 saturated carbocycles. The Labute approximate surface area is 275 Å². The minimum atomic E-state index is -4.17. The monoisotopic (exact) mass is 655 g/mol. The molecule has 11 heteroatoms. The number of anilines is 1. The molecule has 0 aromatic heterocycles. The van der Waals surface area contributed by atoms with Crippen LogP contribution >= 0.6 is 0 Å². The Hall–Kier alpha value is -3.70. The molecule has 2 aromatic rings. The number of hydrogen-bond donors (Lipinski definition) is 4. The second kappa shape index (κ2) is 15.3. The van der Waals surface area contributed by atoms with Crippen molar-refractivity contribution in [1.82, 2.24) is 20.3 Å². The highest BCUT2D eigenvalue weighted by Gasteiger charge is 2.41. The first kappa shape index (κ1) is 38.5. The number of likely N-dealkylation sites (N-methyl/N-ethyl adjacent to an activating group) is 2. The first-order valence-corrected chi connectivity index (χ1v) is 17.1. The lowest BCUT2D eigenvalue weighted by atomic mass is 9.76. The number of nitrogens with one attached hydrogen (secondary N) is 3. The van der Waals surface area contributed by atoms with Crippen LogP contribution in [0, 0.1) is 11.3 Å². The molecular weight excluding hydrogens is 602 g/mol. The van der Waals surface area contributed by atoms with E-state index in [0.29, 0.717) is 17.7 Å². The van der Waals surface area contributed by atoms with Gasteiger partial charge in [-0.15, -0.1) is 0 Å². The van der Waals surface area contributed by atoms with E-state index in [1.165, 1.54) is 30.0 Å². The highest BCUT2D eigenvalue weighted by molar-refractivity contribution is 7.90. The van der Waals surface area contributed by atoms with Gasteiger partial charge in [-0.05, 0) is 61.1 Å². The van der Waals surface area contributed by atoms with E-state index >= 15 is 0 Å². The average molecular weight is 656 g/mol. The third kappa shape index (κ3) is 9.19. The zero-order chi connectivity index (χ0) is 35.2. The van der Waals surface area contributed by atoms with Crippen LogP contribution < -0.4 is 21.1 Å². The van der Waals surface area contributed by atoms with E-state index in [0.717, 1.165) is 5.56 Å². The summed E-state index contributed by atoms with van der Waals surface area (Å²) in [7, 11) is -0.819. The van der Waals surface area contributed by atoms with Crippen molar-refractivity contribution in [3.05, 3.63) is 71.3 Å². The molecule has 3 atom stereocenters. The first-order chi connectivity index (χ1) is 21.2. The Balaban J connectivity index is 2.34. The van der Waals surface area contributed by atoms with E-state index in [4.69, 9.17) is 5.73 Å². The summed E-state index contributed by atoms with van der Waals surface area (Å²) in [5, 5.41) is 6.15. The van der Waals surface area contributed by atoms with Crippen LogP contribution in [0.5, 0.6) is 0 Å². The molecule has 0 aliphatic carbocycles. The second-order valence-corrected chi connectivity index (χ2v) is 15.5. The van der Waals surface area contributed by atoms with Crippen LogP contribution in [0.3, 0.4) is 0 Å². The van der Waals surface area contributed by atoms with Crippen LogP contribution in [0.25, 0.3) is 0 Å². The summed E-state index contributed by atoms with van der Waals surface area (Å²) in [5.41, 5.74) is 6.92. The molecule has 3 unspecified atom stereocenters. The maximum atomic E-state index is 14.1. The first-order valence-electron chi connectivity index (χ1n) is 15.6. The molecule has 0 bridgehead atoms. The zero-order valence-electron chi connectivity index (χ0n) is 29.2. The van der Waals surface area contributed by atoms with Crippen LogP contribution in [0.2, 0.25) is 0 Å². The molecule has 2 aromatic carbocycles. The van der Waals surface area contributed by atoms with Crippen molar-refractivity contribution in [1.29, 1.82) is 0 Å². The van der Waals surface area contributed by atoms with Gasteiger partial charge in [-0.2, -0.15) is 0 Å². The third-order valence-electron chi connectivity index (χ3n) is 8.48. The number of rotatable bonds is 13. The minimum Gasteiger partial charge on any atom is -0.399 e. The van der Waals surface area contributed by atoms with E-state index in [1.807, 2.05) is 85.7 Å². The molecule has 0 aliphatic rings. The van der Waals surface area contributed by atoms with Gasteiger partial charge in [0.2, 0.25) is 11.8 Å². The van der Waals surface area contributed by atoms with Crippen LogP contribution in [0.4, 0.5) is 5.69 Å². The Kier molecular flexibility index (Phi) is 12.8. The van der Waals surface area contributed by atoms with Gasteiger partial charge in [0.25, 0.3) is 15.9 Å². The van der Waals surface area contributed by atoms with Crippen LogP contribution in [0.15, 0.2) is 65.1 Å². The van der Waals surface area contributed by atoms with Crippen LogP contribution in [-0.2, 0) is 36.2 Å². The van der Waals surface area contributed by atoms with Crippen molar-refractivity contribution in [2.75, 3.05) is 19.8 Å². The van der Waals surface area contributed by atoms with E-state index in [-0.39, 0.29) is 28.2 Å². The number of nitrogens with zero attached hydrogens (tertiary/aromatic N) is 1. The number of carbonyl (C=O) groups is 3. The normalized spacial score (nSPS) is 14.7. The number of nitrogens with two attached hydrogens (primary N) is 1. The van der Waals surface area contributed by atoms with Crippen molar-refractivity contribution in [2.24, 2.45) is 11.3 Å².